The number of thioether (sulfide) groups is 1. The minimum atomic E-state index is -0.952. The number of hydrogen-bond donors (Lipinski definition) is 1. The molecule has 1 aliphatic rings. The van der Waals surface area contributed by atoms with Gasteiger partial charge in [-0.2, -0.15) is 0 Å². The van der Waals surface area contributed by atoms with Crippen molar-refractivity contribution in [2.45, 2.75) is 83.0 Å². The van der Waals surface area contributed by atoms with Gasteiger partial charge in [0.2, 0.25) is 5.91 Å². The van der Waals surface area contributed by atoms with E-state index >= 15 is 0 Å². The molecule has 4 aromatic rings. The largest absolute Gasteiger partial charge is 0.491 e. The number of hydrogen-bond acceptors (Lipinski definition) is 6. The molecule has 0 unspecified atom stereocenters. The summed E-state index contributed by atoms with van der Waals surface area (Å²) in [7, 11) is 0. The fraction of sp³-hybridized carbons (Fsp3) is 0.441. The molecule has 0 radical (unpaired) electrons. The van der Waals surface area contributed by atoms with Gasteiger partial charge in [0.05, 0.1) is 11.5 Å². The van der Waals surface area contributed by atoms with Gasteiger partial charge in [0, 0.05) is 69.8 Å². The topological polar surface area (TPSA) is 84.7 Å². The highest BCUT2D eigenvalue weighted by molar-refractivity contribution is 8.00. The third-order valence-electron chi connectivity index (χ3n) is 7.89. The predicted molar refractivity (Wildman–Crippen MR) is 175 cm³/mol. The lowest BCUT2D eigenvalue weighted by Gasteiger charge is -2.24. The van der Waals surface area contributed by atoms with Crippen molar-refractivity contribution in [1.82, 2.24) is 14.5 Å². The van der Waals surface area contributed by atoms with Crippen molar-refractivity contribution < 1.29 is 19.4 Å². The van der Waals surface area contributed by atoms with Gasteiger partial charge in [-0.25, -0.2) is 4.98 Å². The Morgan fingerprint density at radius 3 is 2.49 bits per heavy atom. The van der Waals surface area contributed by atoms with Crippen LogP contribution in [0.4, 0.5) is 0 Å². The van der Waals surface area contributed by atoms with Gasteiger partial charge in [0.15, 0.2) is 0 Å². The Bertz CT molecular complexity index is 1600. The fourth-order valence-corrected chi connectivity index (χ4v) is 7.46. The highest BCUT2D eigenvalue weighted by Crippen LogP contribution is 2.44. The Morgan fingerprint density at radius 2 is 1.86 bits per heavy atom. The van der Waals surface area contributed by atoms with E-state index in [4.69, 9.17) is 4.74 Å². The van der Waals surface area contributed by atoms with Crippen LogP contribution in [-0.2, 0) is 22.6 Å². The summed E-state index contributed by atoms with van der Waals surface area (Å²) in [6.07, 6.45) is 4.14. The maximum atomic E-state index is 12.3. The predicted octanol–water partition coefficient (Wildman–Crippen LogP) is 7.75. The van der Waals surface area contributed by atoms with Gasteiger partial charge in [0.25, 0.3) is 0 Å². The van der Waals surface area contributed by atoms with Crippen LogP contribution in [0.15, 0.2) is 58.9 Å². The highest BCUT2D eigenvalue weighted by Gasteiger charge is 2.33. The number of carboxylic acid groups (broad SMARTS) is 1. The molecular weight excluding hydrogens is 579 g/mol. The number of carbonyl (C=O) groups excluding carboxylic acids is 1. The lowest BCUT2D eigenvalue weighted by Crippen LogP contribution is -2.37. The summed E-state index contributed by atoms with van der Waals surface area (Å²) in [5.74, 6) is 0.0277. The van der Waals surface area contributed by atoms with Gasteiger partial charge >= 0.3 is 5.97 Å². The molecule has 1 amide bonds. The molecule has 1 atom stereocenters. The number of likely N-dealkylation sites (tertiary alicyclic amines) is 1. The first kappa shape index (κ1) is 31.1. The first-order valence-corrected chi connectivity index (χ1v) is 16.5. The summed E-state index contributed by atoms with van der Waals surface area (Å²) < 4.78 is 8.49. The van der Waals surface area contributed by atoms with Crippen LogP contribution in [0.1, 0.15) is 65.6 Å². The van der Waals surface area contributed by atoms with Crippen molar-refractivity contribution in [1.29, 1.82) is 0 Å². The standard InChI is InChI=1S/C34H41N3O4S2/c1-22(38)36-16-7-8-25(36)21-41-26-13-14-28-27(18-26)30(43-33(2,3)4)29(19-34(5,6)32(39)40)37(28)20-23-9-11-24(12-10-23)31-35-15-17-42-31/h9-15,17-18,25H,7-8,16,19-21H2,1-6H3,(H,39,40)/t25-/m0/s1. The van der Waals surface area contributed by atoms with E-state index < -0.39 is 11.4 Å². The molecule has 1 N–H and O–H groups in total. The van der Waals surface area contributed by atoms with Crippen LogP contribution in [0.3, 0.4) is 0 Å². The molecule has 43 heavy (non-hydrogen) atoms. The second-order valence-electron chi connectivity index (χ2n) is 13.0. The molecule has 0 aliphatic carbocycles. The van der Waals surface area contributed by atoms with Crippen LogP contribution < -0.4 is 4.74 Å². The molecule has 2 aromatic heterocycles. The van der Waals surface area contributed by atoms with Crippen LogP contribution in [0.5, 0.6) is 5.75 Å². The second-order valence-corrected chi connectivity index (χ2v) is 15.7. The van der Waals surface area contributed by atoms with Crippen molar-refractivity contribution >= 4 is 45.9 Å². The van der Waals surface area contributed by atoms with E-state index in [-0.39, 0.29) is 16.7 Å². The molecule has 0 saturated carbocycles. The van der Waals surface area contributed by atoms with E-state index in [9.17, 15) is 14.7 Å². The fourth-order valence-electron chi connectivity index (χ4n) is 5.63. The average Bonchev–Trinajstić information content (AvgIpc) is 3.69. The number of carboxylic acids is 1. The highest BCUT2D eigenvalue weighted by atomic mass is 32.2. The van der Waals surface area contributed by atoms with Crippen molar-refractivity contribution in [3.05, 3.63) is 65.3 Å². The van der Waals surface area contributed by atoms with E-state index in [0.29, 0.717) is 19.6 Å². The first-order chi connectivity index (χ1) is 20.3. The van der Waals surface area contributed by atoms with Gasteiger partial charge < -0.3 is 19.3 Å². The SMILES string of the molecule is CC(=O)N1CCC[C@H]1COc1ccc2c(c1)c(SC(C)(C)C)c(CC(C)(C)C(=O)O)n2Cc1ccc(-c2nccs2)cc1. The first-order valence-electron chi connectivity index (χ1n) is 14.8. The molecule has 5 rings (SSSR count). The summed E-state index contributed by atoms with van der Waals surface area (Å²) >= 11 is 3.39. The number of rotatable bonds is 10. The quantitative estimate of drug-likeness (QED) is 0.183. The Morgan fingerprint density at radius 1 is 1.12 bits per heavy atom. The number of nitrogens with zero attached hydrogens (tertiary/aromatic N) is 3. The molecule has 1 fully saturated rings. The third-order valence-corrected chi connectivity index (χ3v) is 9.98. The zero-order valence-electron chi connectivity index (χ0n) is 25.8. The van der Waals surface area contributed by atoms with E-state index in [1.807, 2.05) is 22.5 Å². The normalized spacial score (nSPS) is 15.8. The molecule has 0 bridgehead atoms. The van der Waals surface area contributed by atoms with Gasteiger partial charge in [0.1, 0.15) is 17.4 Å². The van der Waals surface area contributed by atoms with Crippen molar-refractivity contribution in [2.75, 3.05) is 13.2 Å². The zero-order valence-corrected chi connectivity index (χ0v) is 27.5. The molecular formula is C34H41N3O4S2. The molecule has 2 aromatic carbocycles. The van der Waals surface area contributed by atoms with Crippen LogP contribution in [0.25, 0.3) is 21.5 Å². The van der Waals surface area contributed by atoms with Crippen LogP contribution in [0.2, 0.25) is 0 Å². The Hall–Kier alpha value is -3.30. The maximum absolute atomic E-state index is 12.3. The van der Waals surface area contributed by atoms with Crippen LogP contribution in [0, 0.1) is 5.41 Å². The molecule has 1 aliphatic heterocycles. The summed E-state index contributed by atoms with van der Waals surface area (Å²) in [4.78, 5) is 31.8. The number of ether oxygens (including phenoxy) is 1. The number of fused-ring (bicyclic) bond motifs is 1. The number of aromatic nitrogens is 2. The van der Waals surface area contributed by atoms with Crippen LogP contribution >= 0.6 is 23.1 Å². The van der Waals surface area contributed by atoms with Gasteiger partial charge in [-0.1, -0.05) is 45.0 Å². The van der Waals surface area contributed by atoms with Gasteiger partial charge in [-0.15, -0.1) is 23.1 Å². The molecule has 0 spiro atoms. The molecule has 7 nitrogen and oxygen atoms in total. The lowest BCUT2D eigenvalue weighted by molar-refractivity contribution is -0.146. The molecule has 1 saturated heterocycles. The van der Waals surface area contributed by atoms with E-state index in [0.717, 1.165) is 62.8 Å². The molecule has 9 heteroatoms. The minimum absolute atomic E-state index is 0.0838. The average molecular weight is 620 g/mol. The molecule has 228 valence electrons. The van der Waals surface area contributed by atoms with Crippen LogP contribution in [-0.4, -0.2) is 55.4 Å². The Balaban J connectivity index is 1.56. The summed E-state index contributed by atoms with van der Waals surface area (Å²) in [6.45, 7) is 13.6. The Kier molecular flexibility index (Phi) is 8.95. The van der Waals surface area contributed by atoms with E-state index in [2.05, 4.69) is 66.7 Å². The maximum Gasteiger partial charge on any atom is 0.309 e. The van der Waals surface area contributed by atoms with Crippen molar-refractivity contribution in [3.8, 4) is 16.3 Å². The third kappa shape index (κ3) is 7.10. The minimum Gasteiger partial charge on any atom is -0.491 e. The number of benzene rings is 2. The molecule has 3 heterocycles. The number of carbonyl (C=O) groups is 2. The van der Waals surface area contributed by atoms with Crippen molar-refractivity contribution in [2.24, 2.45) is 5.41 Å². The summed E-state index contributed by atoms with van der Waals surface area (Å²) in [5.41, 5.74) is 3.32. The summed E-state index contributed by atoms with van der Waals surface area (Å²) in [5, 5.41) is 14.1. The Labute approximate surface area is 262 Å². The lowest BCUT2D eigenvalue weighted by atomic mass is 9.88. The number of thiazole rings is 1. The van der Waals surface area contributed by atoms with Crippen molar-refractivity contribution in [3.63, 3.8) is 0 Å². The summed E-state index contributed by atoms with van der Waals surface area (Å²) in [6, 6.07) is 14.7. The van der Waals surface area contributed by atoms with Gasteiger partial charge in [-0.05, 0) is 50.5 Å². The van der Waals surface area contributed by atoms with E-state index in [1.54, 1.807) is 43.9 Å². The monoisotopic (exact) mass is 619 g/mol. The van der Waals surface area contributed by atoms with E-state index in [1.165, 1.54) is 0 Å². The zero-order chi connectivity index (χ0) is 30.9. The smallest absolute Gasteiger partial charge is 0.309 e. The van der Waals surface area contributed by atoms with Gasteiger partial charge in [-0.3, -0.25) is 9.59 Å². The second kappa shape index (κ2) is 12.4. The number of aliphatic carboxylic acids is 1. The number of amides is 1.